The molecule has 4 rings (SSSR count). The lowest BCUT2D eigenvalue weighted by Crippen LogP contribution is -2.56. The van der Waals surface area contributed by atoms with Crippen molar-refractivity contribution in [2.24, 2.45) is 34.5 Å². The number of rotatable bonds is 4. The van der Waals surface area contributed by atoms with Gasteiger partial charge in [0, 0.05) is 6.10 Å². The highest BCUT2D eigenvalue weighted by Crippen LogP contribution is 2.67. The van der Waals surface area contributed by atoms with Gasteiger partial charge >= 0.3 is 0 Å². The molecule has 2 nitrogen and oxygen atoms in total. The Morgan fingerprint density at radius 2 is 1.17 bits per heavy atom. The second kappa shape index (κ2) is 8.95. The van der Waals surface area contributed by atoms with Crippen LogP contribution in [-0.2, 0) is 8.85 Å². The SMILES string of the molecule is CC(C)(C)[Si](C)(C)O[C@@H]1CC[C@@]2(C)[C@@H](CC[C@@H]3[C@@H]2CC[C@]2(C)[C@@H](O[Si](C)(C)C(C)(C)C)CC[C@@H]32)C1. The van der Waals surface area contributed by atoms with Crippen LogP contribution in [0, 0.1) is 34.5 Å². The van der Waals surface area contributed by atoms with Gasteiger partial charge in [0.2, 0.25) is 0 Å². The van der Waals surface area contributed by atoms with E-state index in [1.807, 2.05) is 0 Å². The summed E-state index contributed by atoms with van der Waals surface area (Å²) in [6.07, 6.45) is 13.5. The van der Waals surface area contributed by atoms with Crippen molar-refractivity contribution < 1.29 is 8.85 Å². The fourth-order valence-corrected chi connectivity index (χ4v) is 11.5. The Bertz CT molecular complexity index is 778. The van der Waals surface area contributed by atoms with Crippen molar-refractivity contribution in [3.8, 4) is 0 Å². The average Bonchev–Trinajstić information content (AvgIpc) is 3.02. The second-order valence-corrected chi connectivity index (χ2v) is 26.4. The molecule has 4 aliphatic rings. The van der Waals surface area contributed by atoms with Crippen LogP contribution < -0.4 is 0 Å². The molecule has 4 aliphatic carbocycles. The molecule has 4 saturated carbocycles. The van der Waals surface area contributed by atoms with Crippen molar-refractivity contribution >= 4 is 16.6 Å². The first-order valence-electron chi connectivity index (χ1n) is 15.2. The molecular formula is C31H60O2Si2. The van der Waals surface area contributed by atoms with Crippen LogP contribution in [0.4, 0.5) is 0 Å². The number of hydrogen-bond donors (Lipinski definition) is 0. The molecule has 35 heavy (non-hydrogen) atoms. The molecule has 4 fully saturated rings. The van der Waals surface area contributed by atoms with E-state index in [0.717, 1.165) is 23.7 Å². The Hall–Kier alpha value is 0.354. The van der Waals surface area contributed by atoms with E-state index in [1.165, 1.54) is 57.8 Å². The minimum absolute atomic E-state index is 0.301. The zero-order valence-corrected chi connectivity index (χ0v) is 27.6. The lowest BCUT2D eigenvalue weighted by atomic mass is 9.45. The van der Waals surface area contributed by atoms with E-state index >= 15 is 0 Å². The number of fused-ring (bicyclic) bond motifs is 5. The molecule has 0 aromatic heterocycles. The van der Waals surface area contributed by atoms with E-state index in [1.54, 1.807) is 0 Å². The molecule has 0 amide bonds. The van der Waals surface area contributed by atoms with Gasteiger partial charge in [-0.05, 0) is 129 Å². The fourth-order valence-electron chi connectivity index (χ4n) is 8.60. The van der Waals surface area contributed by atoms with Crippen molar-refractivity contribution in [3.63, 3.8) is 0 Å². The van der Waals surface area contributed by atoms with Gasteiger partial charge in [-0.15, -0.1) is 0 Å². The van der Waals surface area contributed by atoms with E-state index in [2.05, 4.69) is 81.6 Å². The van der Waals surface area contributed by atoms with Crippen LogP contribution in [0.25, 0.3) is 0 Å². The first-order valence-corrected chi connectivity index (χ1v) is 21.0. The average molecular weight is 521 g/mol. The topological polar surface area (TPSA) is 18.5 Å². The summed E-state index contributed by atoms with van der Waals surface area (Å²) in [5.41, 5.74) is 0.943. The van der Waals surface area contributed by atoms with Crippen molar-refractivity contribution in [3.05, 3.63) is 0 Å². The molecule has 0 aromatic rings. The van der Waals surface area contributed by atoms with E-state index in [4.69, 9.17) is 8.85 Å². The molecule has 0 radical (unpaired) electrons. The van der Waals surface area contributed by atoms with Crippen LogP contribution in [0.3, 0.4) is 0 Å². The third kappa shape index (κ3) is 4.82. The van der Waals surface area contributed by atoms with Crippen LogP contribution in [-0.4, -0.2) is 28.8 Å². The maximum atomic E-state index is 7.16. The summed E-state index contributed by atoms with van der Waals surface area (Å²) in [6, 6.07) is 0. The smallest absolute Gasteiger partial charge is 0.192 e. The Balaban J connectivity index is 1.46. The lowest BCUT2D eigenvalue weighted by Gasteiger charge is -2.61. The molecule has 0 unspecified atom stereocenters. The van der Waals surface area contributed by atoms with Gasteiger partial charge < -0.3 is 8.85 Å². The first kappa shape index (κ1) is 28.4. The quantitative estimate of drug-likeness (QED) is 0.343. The van der Waals surface area contributed by atoms with E-state index in [9.17, 15) is 0 Å². The minimum Gasteiger partial charge on any atom is -0.414 e. The zero-order valence-electron chi connectivity index (χ0n) is 25.6. The van der Waals surface area contributed by atoms with E-state index in [0.29, 0.717) is 33.1 Å². The molecule has 8 atom stereocenters. The minimum atomic E-state index is -1.73. The van der Waals surface area contributed by atoms with Crippen LogP contribution in [0.5, 0.6) is 0 Å². The summed E-state index contributed by atoms with van der Waals surface area (Å²) < 4.78 is 14.1. The molecule has 0 saturated heterocycles. The molecule has 0 bridgehead atoms. The van der Waals surface area contributed by atoms with Gasteiger partial charge in [-0.3, -0.25) is 0 Å². The van der Waals surface area contributed by atoms with Gasteiger partial charge in [0.1, 0.15) is 0 Å². The van der Waals surface area contributed by atoms with Crippen molar-refractivity contribution in [2.75, 3.05) is 0 Å². The predicted octanol–water partition coefficient (Wildman–Crippen LogP) is 9.81. The molecule has 0 heterocycles. The summed E-state index contributed by atoms with van der Waals surface area (Å²) in [5.74, 6) is 3.62. The summed E-state index contributed by atoms with van der Waals surface area (Å²) in [7, 11) is -3.42. The van der Waals surface area contributed by atoms with Crippen molar-refractivity contribution in [2.45, 2.75) is 162 Å². The van der Waals surface area contributed by atoms with Crippen molar-refractivity contribution in [1.82, 2.24) is 0 Å². The molecule has 204 valence electrons. The van der Waals surface area contributed by atoms with Crippen LogP contribution in [0.1, 0.15) is 113 Å². The molecule has 0 aromatic carbocycles. The van der Waals surface area contributed by atoms with E-state index in [-0.39, 0.29) is 0 Å². The third-order valence-electron chi connectivity index (χ3n) is 13.0. The van der Waals surface area contributed by atoms with Gasteiger partial charge in [0.05, 0.1) is 6.10 Å². The summed E-state index contributed by atoms with van der Waals surface area (Å²) in [5, 5.41) is 0.611. The van der Waals surface area contributed by atoms with Crippen LogP contribution in [0.15, 0.2) is 0 Å². The van der Waals surface area contributed by atoms with Gasteiger partial charge in [-0.1, -0.05) is 55.4 Å². The van der Waals surface area contributed by atoms with Crippen LogP contribution in [0.2, 0.25) is 36.3 Å². The highest BCUT2D eigenvalue weighted by atomic mass is 28.4. The molecule has 0 aliphatic heterocycles. The summed E-state index contributed by atoms with van der Waals surface area (Å²) in [4.78, 5) is 0. The Morgan fingerprint density at radius 1 is 0.629 bits per heavy atom. The Morgan fingerprint density at radius 3 is 1.77 bits per heavy atom. The monoisotopic (exact) mass is 520 g/mol. The summed E-state index contributed by atoms with van der Waals surface area (Å²) >= 11 is 0. The van der Waals surface area contributed by atoms with Gasteiger partial charge in [0.25, 0.3) is 0 Å². The van der Waals surface area contributed by atoms with Gasteiger partial charge in [0.15, 0.2) is 16.6 Å². The molecular weight excluding hydrogens is 461 g/mol. The maximum Gasteiger partial charge on any atom is 0.192 e. The maximum absolute atomic E-state index is 7.16. The lowest BCUT2D eigenvalue weighted by molar-refractivity contribution is -0.131. The second-order valence-electron chi connectivity index (χ2n) is 16.9. The highest BCUT2D eigenvalue weighted by molar-refractivity contribution is 6.74. The zero-order chi connectivity index (χ0) is 26.2. The van der Waals surface area contributed by atoms with Gasteiger partial charge in [-0.25, -0.2) is 0 Å². The molecule has 0 spiro atoms. The third-order valence-corrected chi connectivity index (χ3v) is 22.1. The Labute approximate surface area is 221 Å². The normalized spacial score (nSPS) is 42.9. The Kier molecular flexibility index (Phi) is 7.25. The number of hydrogen-bond acceptors (Lipinski definition) is 2. The summed E-state index contributed by atoms with van der Waals surface area (Å²) in [6.45, 7) is 29.5. The molecule has 0 N–H and O–H groups in total. The molecule has 4 heteroatoms. The van der Waals surface area contributed by atoms with Gasteiger partial charge in [-0.2, -0.15) is 0 Å². The fraction of sp³-hybridized carbons (Fsp3) is 1.00. The highest BCUT2D eigenvalue weighted by Gasteiger charge is 2.61. The van der Waals surface area contributed by atoms with Crippen molar-refractivity contribution in [1.29, 1.82) is 0 Å². The predicted molar refractivity (Wildman–Crippen MR) is 156 cm³/mol. The van der Waals surface area contributed by atoms with E-state index < -0.39 is 16.6 Å². The van der Waals surface area contributed by atoms with Crippen LogP contribution >= 0.6 is 0 Å². The standard InChI is InChI=1S/C31H60O2Si2/c1-28(2,3)34(9,10)32-23-17-19-30(7)22(21-23)13-14-24-25-15-16-27(31(25,8)20-18-26(24)30)33-35(11,12)29(4,5)6/h22-27H,13-21H2,1-12H3/t22-,23+,24-,25-,26-,27-,30-,31-/m0/s1. The largest absolute Gasteiger partial charge is 0.414 e. The first-order chi connectivity index (χ1) is 15.8.